The number of rotatable bonds is 7. The van der Waals surface area contributed by atoms with E-state index in [4.69, 9.17) is 5.26 Å². The standard InChI is InChI=1S/C14H26N2O2S/c1-13(2)11-16(10-6-9-15)19(17,18)12-14-7-4-3-5-8-14/h13-14H,3-8,10-12H2,1-2H3. The van der Waals surface area contributed by atoms with Crippen LogP contribution in [-0.2, 0) is 10.0 Å². The topological polar surface area (TPSA) is 61.2 Å². The van der Waals surface area contributed by atoms with Crippen molar-refractivity contribution in [1.82, 2.24) is 4.31 Å². The van der Waals surface area contributed by atoms with Gasteiger partial charge in [0.15, 0.2) is 0 Å². The van der Waals surface area contributed by atoms with Crippen LogP contribution in [0.25, 0.3) is 0 Å². The highest BCUT2D eigenvalue weighted by Gasteiger charge is 2.27. The molecule has 1 fully saturated rings. The van der Waals surface area contributed by atoms with Crippen LogP contribution >= 0.6 is 0 Å². The highest BCUT2D eigenvalue weighted by Crippen LogP contribution is 2.26. The molecule has 5 heteroatoms. The molecule has 4 nitrogen and oxygen atoms in total. The fourth-order valence-electron chi connectivity index (χ4n) is 2.68. The lowest BCUT2D eigenvalue weighted by Crippen LogP contribution is -2.38. The van der Waals surface area contributed by atoms with E-state index in [0.29, 0.717) is 24.9 Å². The van der Waals surface area contributed by atoms with Gasteiger partial charge in [0.2, 0.25) is 10.0 Å². The van der Waals surface area contributed by atoms with Crippen LogP contribution in [0.3, 0.4) is 0 Å². The molecule has 0 aromatic carbocycles. The van der Waals surface area contributed by atoms with Gasteiger partial charge in [-0.3, -0.25) is 0 Å². The zero-order valence-corrected chi connectivity index (χ0v) is 13.0. The summed E-state index contributed by atoms with van der Waals surface area (Å²) in [6.45, 7) is 4.88. The van der Waals surface area contributed by atoms with Crippen molar-refractivity contribution in [3.8, 4) is 6.07 Å². The van der Waals surface area contributed by atoms with Crippen LogP contribution in [0, 0.1) is 23.2 Å². The van der Waals surface area contributed by atoms with Crippen molar-refractivity contribution in [3.63, 3.8) is 0 Å². The van der Waals surface area contributed by atoms with Crippen LogP contribution in [0.15, 0.2) is 0 Å². The lowest BCUT2D eigenvalue weighted by molar-refractivity contribution is 0.350. The monoisotopic (exact) mass is 286 g/mol. The zero-order chi connectivity index (χ0) is 14.3. The van der Waals surface area contributed by atoms with Gasteiger partial charge < -0.3 is 0 Å². The molecule has 0 aromatic rings. The maximum Gasteiger partial charge on any atom is 0.214 e. The number of nitrogens with zero attached hydrogens (tertiary/aromatic N) is 2. The van der Waals surface area contributed by atoms with Crippen molar-refractivity contribution in [2.75, 3.05) is 18.8 Å². The Morgan fingerprint density at radius 2 is 1.89 bits per heavy atom. The van der Waals surface area contributed by atoms with Gasteiger partial charge in [-0.25, -0.2) is 12.7 Å². The van der Waals surface area contributed by atoms with Gasteiger partial charge in [-0.05, 0) is 24.7 Å². The summed E-state index contributed by atoms with van der Waals surface area (Å²) in [7, 11) is -3.21. The quantitative estimate of drug-likeness (QED) is 0.723. The summed E-state index contributed by atoms with van der Waals surface area (Å²) in [6, 6.07) is 2.04. The Hall–Kier alpha value is -0.600. The molecule has 0 spiro atoms. The van der Waals surface area contributed by atoms with E-state index in [1.165, 1.54) is 10.7 Å². The molecule has 0 amide bonds. The Bertz CT molecular complexity index is 392. The Morgan fingerprint density at radius 1 is 1.26 bits per heavy atom. The summed E-state index contributed by atoms with van der Waals surface area (Å²) in [5.74, 6) is 0.876. The molecule has 1 aliphatic rings. The van der Waals surface area contributed by atoms with Gasteiger partial charge in [-0.2, -0.15) is 5.26 Å². The maximum atomic E-state index is 12.5. The van der Waals surface area contributed by atoms with Gasteiger partial charge in [0.1, 0.15) is 0 Å². The maximum absolute atomic E-state index is 12.5. The predicted octanol–water partition coefficient (Wildman–Crippen LogP) is 2.77. The number of hydrogen-bond acceptors (Lipinski definition) is 3. The van der Waals surface area contributed by atoms with Crippen LogP contribution in [0.1, 0.15) is 52.4 Å². The second kappa shape index (κ2) is 7.86. The lowest BCUT2D eigenvalue weighted by atomic mass is 9.91. The molecule has 1 saturated carbocycles. The average Bonchev–Trinajstić information content (AvgIpc) is 2.34. The third-order valence-electron chi connectivity index (χ3n) is 3.61. The molecule has 0 unspecified atom stereocenters. The SMILES string of the molecule is CC(C)CN(CCC#N)S(=O)(=O)CC1CCCCC1. The second-order valence-corrected chi connectivity index (χ2v) is 7.96. The molecule has 0 aliphatic heterocycles. The summed E-state index contributed by atoms with van der Waals surface area (Å²) in [5, 5.41) is 8.66. The summed E-state index contributed by atoms with van der Waals surface area (Å²) in [6.07, 6.45) is 5.89. The fraction of sp³-hybridized carbons (Fsp3) is 0.929. The van der Waals surface area contributed by atoms with Crippen molar-refractivity contribution < 1.29 is 8.42 Å². The molecule has 1 aliphatic carbocycles. The molecule has 0 atom stereocenters. The van der Waals surface area contributed by atoms with Gasteiger partial charge in [0.25, 0.3) is 0 Å². The predicted molar refractivity (Wildman–Crippen MR) is 77.0 cm³/mol. The van der Waals surface area contributed by atoms with Gasteiger partial charge in [-0.15, -0.1) is 0 Å². The zero-order valence-electron chi connectivity index (χ0n) is 12.1. The third kappa shape index (κ3) is 5.92. The molecule has 0 radical (unpaired) electrons. The highest BCUT2D eigenvalue weighted by molar-refractivity contribution is 7.89. The van der Waals surface area contributed by atoms with Gasteiger partial charge in [0.05, 0.1) is 11.8 Å². The van der Waals surface area contributed by atoms with E-state index in [0.717, 1.165) is 25.7 Å². The number of nitriles is 1. The van der Waals surface area contributed by atoms with Crippen molar-refractivity contribution in [3.05, 3.63) is 0 Å². The van der Waals surface area contributed by atoms with E-state index in [9.17, 15) is 8.42 Å². The van der Waals surface area contributed by atoms with Gasteiger partial charge in [0, 0.05) is 19.5 Å². The lowest BCUT2D eigenvalue weighted by Gasteiger charge is -2.27. The fourth-order valence-corrected chi connectivity index (χ4v) is 4.72. The summed E-state index contributed by atoms with van der Waals surface area (Å²) in [5.41, 5.74) is 0. The first-order chi connectivity index (χ1) is 8.95. The largest absolute Gasteiger partial charge is 0.214 e. The Labute approximate surface area is 117 Å². The van der Waals surface area contributed by atoms with E-state index < -0.39 is 10.0 Å². The molecule has 1 rings (SSSR count). The first-order valence-corrected chi connectivity index (χ1v) is 8.91. The summed E-state index contributed by atoms with van der Waals surface area (Å²) >= 11 is 0. The van der Waals surface area contributed by atoms with Crippen molar-refractivity contribution >= 4 is 10.0 Å². The number of hydrogen-bond donors (Lipinski definition) is 0. The average molecular weight is 286 g/mol. The van der Waals surface area contributed by atoms with Crippen molar-refractivity contribution in [2.24, 2.45) is 11.8 Å². The molecule has 0 heterocycles. The van der Waals surface area contributed by atoms with Crippen LogP contribution in [0.4, 0.5) is 0 Å². The van der Waals surface area contributed by atoms with Crippen LogP contribution < -0.4 is 0 Å². The highest BCUT2D eigenvalue weighted by atomic mass is 32.2. The molecule has 0 N–H and O–H groups in total. The second-order valence-electron chi connectivity index (χ2n) is 5.94. The van der Waals surface area contributed by atoms with Crippen LogP contribution in [-0.4, -0.2) is 31.6 Å². The number of sulfonamides is 1. The van der Waals surface area contributed by atoms with E-state index >= 15 is 0 Å². The molecule has 0 saturated heterocycles. The van der Waals surface area contributed by atoms with Crippen molar-refractivity contribution in [1.29, 1.82) is 5.26 Å². The minimum absolute atomic E-state index is 0.269. The Balaban J connectivity index is 2.65. The van der Waals surface area contributed by atoms with E-state index in [-0.39, 0.29) is 12.2 Å². The van der Waals surface area contributed by atoms with Crippen LogP contribution in [0.5, 0.6) is 0 Å². The summed E-state index contributed by atoms with van der Waals surface area (Å²) < 4.78 is 26.4. The minimum atomic E-state index is -3.21. The first kappa shape index (κ1) is 16.5. The molecule has 110 valence electrons. The molecular weight excluding hydrogens is 260 g/mol. The molecule has 0 bridgehead atoms. The van der Waals surface area contributed by atoms with Gasteiger partial charge in [-0.1, -0.05) is 33.1 Å². The normalized spacial score (nSPS) is 17.8. The van der Waals surface area contributed by atoms with E-state index in [1.807, 2.05) is 19.9 Å². The first-order valence-electron chi connectivity index (χ1n) is 7.30. The van der Waals surface area contributed by atoms with Crippen LogP contribution in [0.2, 0.25) is 0 Å². The Morgan fingerprint density at radius 3 is 2.42 bits per heavy atom. The molecule has 19 heavy (non-hydrogen) atoms. The molecular formula is C14H26N2O2S. The third-order valence-corrected chi connectivity index (χ3v) is 5.62. The van der Waals surface area contributed by atoms with Gasteiger partial charge >= 0.3 is 0 Å². The van der Waals surface area contributed by atoms with Crippen molar-refractivity contribution in [2.45, 2.75) is 52.4 Å². The summed E-state index contributed by atoms with van der Waals surface area (Å²) in [4.78, 5) is 0. The molecule has 0 aromatic heterocycles. The smallest absolute Gasteiger partial charge is 0.212 e. The van der Waals surface area contributed by atoms with E-state index in [2.05, 4.69) is 0 Å². The minimum Gasteiger partial charge on any atom is -0.212 e. The Kier molecular flexibility index (Phi) is 6.81. The van der Waals surface area contributed by atoms with E-state index in [1.54, 1.807) is 0 Å².